The Hall–Kier alpha value is -2.65. The minimum Gasteiger partial charge on any atom is -0.475 e. The molecule has 2 aromatic heterocycles. The molecule has 202 valence electrons. The Morgan fingerprint density at radius 3 is 2.08 bits per heavy atom. The quantitative estimate of drug-likeness (QED) is 0.543. The third kappa shape index (κ3) is 9.78. The van der Waals surface area contributed by atoms with Gasteiger partial charge in [-0.05, 0) is 60.8 Å². The SMILES string of the molecule is O=C(O)C(F)(F)F.O=C(O)C(F)(F)F.c1cc2n(n1)C(CCN1CCCC1)CN(Cc1ccsc1)C2. The smallest absolute Gasteiger partial charge is 0.475 e. The van der Waals surface area contributed by atoms with Crippen molar-refractivity contribution in [1.29, 1.82) is 0 Å². The average Bonchev–Trinajstić information content (AvgIpc) is 3.54. The Morgan fingerprint density at radius 1 is 1.00 bits per heavy atom. The maximum absolute atomic E-state index is 10.6. The molecule has 2 aromatic rings. The summed E-state index contributed by atoms with van der Waals surface area (Å²) in [5.74, 6) is -5.51. The number of likely N-dealkylation sites (tertiary alicyclic amines) is 1. The van der Waals surface area contributed by atoms with E-state index in [-0.39, 0.29) is 0 Å². The highest BCUT2D eigenvalue weighted by Gasteiger charge is 2.38. The van der Waals surface area contributed by atoms with E-state index in [1.165, 1.54) is 50.2 Å². The molecule has 0 aliphatic carbocycles. The Bertz CT molecular complexity index is 935. The largest absolute Gasteiger partial charge is 0.490 e. The summed E-state index contributed by atoms with van der Waals surface area (Å²) in [6.45, 7) is 7.01. The molecule has 2 aliphatic heterocycles. The summed E-state index contributed by atoms with van der Waals surface area (Å²) in [7, 11) is 0. The molecule has 4 rings (SSSR count). The number of carboxylic acid groups (broad SMARTS) is 2. The molecule has 0 spiro atoms. The number of carbonyl (C=O) groups is 2. The van der Waals surface area contributed by atoms with Crippen LogP contribution >= 0.6 is 11.3 Å². The first-order chi connectivity index (χ1) is 16.8. The number of fused-ring (bicyclic) bond motifs is 1. The highest BCUT2D eigenvalue weighted by molar-refractivity contribution is 7.07. The van der Waals surface area contributed by atoms with Gasteiger partial charge in [-0.1, -0.05) is 0 Å². The third-order valence-corrected chi connectivity index (χ3v) is 6.13. The van der Waals surface area contributed by atoms with Gasteiger partial charge in [-0.2, -0.15) is 42.8 Å². The molecule has 0 aromatic carbocycles. The van der Waals surface area contributed by atoms with E-state index in [0.29, 0.717) is 6.04 Å². The van der Waals surface area contributed by atoms with Crippen molar-refractivity contribution in [2.24, 2.45) is 0 Å². The van der Waals surface area contributed by atoms with Crippen molar-refractivity contribution in [2.45, 2.75) is 50.7 Å². The summed E-state index contributed by atoms with van der Waals surface area (Å²) < 4.78 is 65.8. The molecule has 0 bridgehead atoms. The highest BCUT2D eigenvalue weighted by atomic mass is 32.1. The topological polar surface area (TPSA) is 98.9 Å². The van der Waals surface area contributed by atoms with Gasteiger partial charge >= 0.3 is 24.3 Å². The van der Waals surface area contributed by atoms with Crippen LogP contribution in [0.4, 0.5) is 26.3 Å². The lowest BCUT2D eigenvalue weighted by Gasteiger charge is -2.34. The first-order valence-electron chi connectivity index (χ1n) is 10.9. The fourth-order valence-electron chi connectivity index (χ4n) is 3.78. The van der Waals surface area contributed by atoms with Gasteiger partial charge in [-0.15, -0.1) is 0 Å². The summed E-state index contributed by atoms with van der Waals surface area (Å²) in [5, 5.41) is 23.3. The van der Waals surface area contributed by atoms with E-state index in [0.717, 1.165) is 19.6 Å². The minimum absolute atomic E-state index is 0.526. The number of thiophene rings is 1. The molecule has 4 heterocycles. The monoisotopic (exact) mass is 544 g/mol. The molecule has 0 amide bonds. The van der Waals surface area contributed by atoms with Crippen molar-refractivity contribution in [3.8, 4) is 0 Å². The Balaban J connectivity index is 0.000000271. The van der Waals surface area contributed by atoms with Crippen LogP contribution in [0.25, 0.3) is 0 Å². The van der Waals surface area contributed by atoms with Crippen molar-refractivity contribution in [3.05, 3.63) is 40.3 Å². The Kier molecular flexibility index (Phi) is 10.7. The lowest BCUT2D eigenvalue weighted by atomic mass is 10.1. The number of aliphatic carboxylic acids is 2. The van der Waals surface area contributed by atoms with Crippen LogP contribution in [-0.2, 0) is 22.7 Å². The van der Waals surface area contributed by atoms with Gasteiger partial charge in [0.2, 0.25) is 0 Å². The van der Waals surface area contributed by atoms with Gasteiger partial charge in [0.25, 0.3) is 0 Å². The molecular formula is C21H26F6N4O4S. The van der Waals surface area contributed by atoms with Crippen LogP contribution in [0.5, 0.6) is 0 Å². The number of aromatic nitrogens is 2. The number of alkyl halides is 6. The highest BCUT2D eigenvalue weighted by Crippen LogP contribution is 2.25. The minimum atomic E-state index is -5.08. The van der Waals surface area contributed by atoms with Crippen LogP contribution < -0.4 is 0 Å². The van der Waals surface area contributed by atoms with Gasteiger partial charge in [0.1, 0.15) is 0 Å². The molecule has 36 heavy (non-hydrogen) atoms. The second-order valence-corrected chi connectivity index (χ2v) is 8.95. The predicted octanol–water partition coefficient (Wildman–Crippen LogP) is 4.25. The first kappa shape index (κ1) is 29.6. The van der Waals surface area contributed by atoms with Crippen LogP contribution in [0, 0.1) is 0 Å². The molecule has 2 N–H and O–H groups in total. The maximum Gasteiger partial charge on any atom is 0.490 e. The van der Waals surface area contributed by atoms with E-state index in [4.69, 9.17) is 19.8 Å². The van der Waals surface area contributed by atoms with E-state index in [1.807, 2.05) is 6.20 Å². The lowest BCUT2D eigenvalue weighted by Crippen LogP contribution is -2.38. The first-order valence-corrected chi connectivity index (χ1v) is 11.8. The lowest BCUT2D eigenvalue weighted by molar-refractivity contribution is -0.193. The molecule has 8 nitrogen and oxygen atoms in total. The molecule has 1 unspecified atom stereocenters. The number of hydrogen-bond donors (Lipinski definition) is 2. The Morgan fingerprint density at radius 2 is 1.58 bits per heavy atom. The number of halogens is 6. The zero-order valence-electron chi connectivity index (χ0n) is 19.0. The zero-order valence-corrected chi connectivity index (χ0v) is 19.8. The van der Waals surface area contributed by atoms with Gasteiger partial charge in [0, 0.05) is 32.4 Å². The van der Waals surface area contributed by atoms with E-state index < -0.39 is 24.3 Å². The summed E-state index contributed by atoms with van der Waals surface area (Å²) >= 11 is 1.79. The fraction of sp³-hybridized carbons (Fsp3) is 0.571. The van der Waals surface area contributed by atoms with Gasteiger partial charge in [-0.3, -0.25) is 9.58 Å². The normalized spacial score (nSPS) is 18.4. The summed E-state index contributed by atoms with van der Waals surface area (Å²) in [6.07, 6.45) is -4.23. The second-order valence-electron chi connectivity index (χ2n) is 8.17. The van der Waals surface area contributed by atoms with Crippen LogP contribution in [0.15, 0.2) is 29.1 Å². The van der Waals surface area contributed by atoms with E-state index >= 15 is 0 Å². The van der Waals surface area contributed by atoms with Gasteiger partial charge in [0.05, 0.1) is 11.7 Å². The molecule has 1 fully saturated rings. The van der Waals surface area contributed by atoms with Crippen molar-refractivity contribution in [2.75, 3.05) is 26.2 Å². The van der Waals surface area contributed by atoms with Crippen molar-refractivity contribution >= 4 is 23.3 Å². The van der Waals surface area contributed by atoms with Crippen molar-refractivity contribution in [1.82, 2.24) is 19.6 Å². The van der Waals surface area contributed by atoms with Crippen LogP contribution in [0.2, 0.25) is 0 Å². The summed E-state index contributed by atoms with van der Waals surface area (Å²) in [6, 6.07) is 4.95. The Labute approximate surface area is 206 Å². The predicted molar refractivity (Wildman–Crippen MR) is 117 cm³/mol. The molecule has 1 saturated heterocycles. The molecule has 15 heteroatoms. The molecule has 0 saturated carbocycles. The average molecular weight is 545 g/mol. The summed E-state index contributed by atoms with van der Waals surface area (Å²) in [5.41, 5.74) is 2.81. The zero-order chi connectivity index (χ0) is 26.9. The van der Waals surface area contributed by atoms with Crippen LogP contribution in [0.3, 0.4) is 0 Å². The van der Waals surface area contributed by atoms with Gasteiger partial charge < -0.3 is 15.1 Å². The number of nitrogens with zero attached hydrogens (tertiary/aromatic N) is 4. The van der Waals surface area contributed by atoms with E-state index in [2.05, 4.69) is 42.5 Å². The fourth-order valence-corrected chi connectivity index (χ4v) is 4.44. The van der Waals surface area contributed by atoms with Crippen molar-refractivity contribution in [3.63, 3.8) is 0 Å². The van der Waals surface area contributed by atoms with Crippen LogP contribution in [-0.4, -0.2) is 80.3 Å². The molecule has 1 atom stereocenters. The van der Waals surface area contributed by atoms with Crippen molar-refractivity contribution < 1.29 is 46.1 Å². The molecule has 2 aliphatic rings. The second kappa shape index (κ2) is 13.1. The maximum atomic E-state index is 10.6. The molecule has 0 radical (unpaired) electrons. The number of rotatable bonds is 5. The summed E-state index contributed by atoms with van der Waals surface area (Å²) in [4.78, 5) is 23.0. The van der Waals surface area contributed by atoms with E-state index in [9.17, 15) is 26.3 Å². The molecular weight excluding hydrogens is 518 g/mol. The number of hydrogen-bond acceptors (Lipinski definition) is 6. The van der Waals surface area contributed by atoms with Gasteiger partial charge in [-0.25, -0.2) is 9.59 Å². The van der Waals surface area contributed by atoms with E-state index in [1.54, 1.807) is 11.3 Å². The third-order valence-electron chi connectivity index (χ3n) is 5.40. The number of carboxylic acids is 2. The van der Waals surface area contributed by atoms with Crippen LogP contribution in [0.1, 0.15) is 36.6 Å². The van der Waals surface area contributed by atoms with Gasteiger partial charge in [0.15, 0.2) is 0 Å². The standard InChI is InChI=1S/C17H24N4S.2C2HF3O2/c1-2-8-19(7-1)9-4-17-13-20(11-15-5-10-22-14-15)12-16-3-6-18-21(16)17;2*3-2(4,5)1(6)7/h3,5-6,10,14,17H,1-2,4,7-9,11-13H2;2*(H,6,7).